The minimum Gasteiger partial charge on any atom is -0.456 e. The third kappa shape index (κ3) is 4.88. The van der Waals surface area contributed by atoms with Crippen molar-refractivity contribution >= 4 is 17.1 Å². The number of fused-ring (bicyclic) bond motifs is 12. The fourth-order valence-corrected chi connectivity index (χ4v) is 10.6. The van der Waals surface area contributed by atoms with E-state index in [0.29, 0.717) is 0 Å². The molecule has 9 aromatic rings. The van der Waals surface area contributed by atoms with Crippen LogP contribution < -0.4 is 9.64 Å². The van der Waals surface area contributed by atoms with Crippen molar-refractivity contribution in [1.82, 2.24) is 0 Å². The minimum atomic E-state index is -0.503. The highest BCUT2D eigenvalue weighted by Crippen LogP contribution is 2.63. The highest BCUT2D eigenvalue weighted by Gasteiger charge is 2.51. The van der Waals surface area contributed by atoms with E-state index in [-0.39, 0.29) is 5.41 Å². The van der Waals surface area contributed by atoms with E-state index in [4.69, 9.17) is 4.74 Å². The molecule has 2 aliphatic carbocycles. The van der Waals surface area contributed by atoms with Gasteiger partial charge >= 0.3 is 0 Å². The number of anilines is 3. The van der Waals surface area contributed by atoms with Gasteiger partial charge in [-0.25, -0.2) is 0 Å². The van der Waals surface area contributed by atoms with Gasteiger partial charge in [-0.2, -0.15) is 0 Å². The molecular formula is C58H41NO. The highest BCUT2D eigenvalue weighted by atomic mass is 16.5. The summed E-state index contributed by atoms with van der Waals surface area (Å²) < 4.78 is 7.02. The Kier molecular flexibility index (Phi) is 7.52. The minimum absolute atomic E-state index is 0.114. The number of nitrogens with zero attached hydrogens (tertiary/aromatic N) is 1. The smallest absolute Gasteiger partial charge is 0.140 e. The van der Waals surface area contributed by atoms with Crippen LogP contribution in [0.3, 0.4) is 0 Å². The Labute approximate surface area is 351 Å². The quantitative estimate of drug-likeness (QED) is 0.173. The van der Waals surface area contributed by atoms with Crippen molar-refractivity contribution in [3.05, 3.63) is 246 Å². The maximum atomic E-state index is 7.02. The molecule has 2 heteroatoms. The first kappa shape index (κ1) is 34.6. The van der Waals surface area contributed by atoms with Crippen molar-refractivity contribution < 1.29 is 4.74 Å². The highest BCUT2D eigenvalue weighted by molar-refractivity contribution is 5.91. The standard InChI is InChI=1S/C58H41NO/c1-57(2)49-21-9-6-17-45(49)48-36-35-43(37-54(48)57)59(41-31-27-39(28-32-41)38-15-4-3-5-16-38)42-33-29-40(30-34-42)44-20-14-25-53-56(44)60-55-26-13-12-24-52(55)58(53)50-22-10-7-18-46(50)47-19-8-11-23-51(47)58/h3-37H,1-2H3. The molecule has 3 aliphatic rings. The summed E-state index contributed by atoms with van der Waals surface area (Å²) in [5, 5.41) is 0. The first-order chi connectivity index (χ1) is 29.5. The molecule has 0 radical (unpaired) electrons. The molecule has 9 aromatic carbocycles. The van der Waals surface area contributed by atoms with Crippen LogP contribution in [-0.4, -0.2) is 0 Å². The number of hydrogen-bond acceptors (Lipinski definition) is 2. The van der Waals surface area contributed by atoms with Crippen LogP contribution in [0.1, 0.15) is 47.2 Å². The van der Waals surface area contributed by atoms with Crippen LogP contribution in [-0.2, 0) is 10.8 Å². The van der Waals surface area contributed by atoms with Gasteiger partial charge in [0.15, 0.2) is 0 Å². The van der Waals surface area contributed by atoms with Crippen LogP contribution >= 0.6 is 0 Å². The predicted molar refractivity (Wildman–Crippen MR) is 247 cm³/mol. The maximum absolute atomic E-state index is 7.02. The lowest BCUT2D eigenvalue weighted by Gasteiger charge is -2.40. The second-order valence-corrected chi connectivity index (χ2v) is 16.8. The van der Waals surface area contributed by atoms with Crippen molar-refractivity contribution in [2.45, 2.75) is 24.7 Å². The molecule has 0 aromatic heterocycles. The summed E-state index contributed by atoms with van der Waals surface area (Å²) in [5.74, 6) is 1.80. The van der Waals surface area contributed by atoms with Crippen LogP contribution in [0.5, 0.6) is 11.5 Å². The SMILES string of the molecule is CC1(C)c2ccccc2-c2ccc(N(c3ccc(-c4ccccc4)cc3)c3ccc(-c4cccc5c4Oc4ccccc4C54c5ccccc5-c5ccccc54)cc3)cc21. The third-order valence-electron chi connectivity index (χ3n) is 13.4. The zero-order chi connectivity index (χ0) is 40.0. The second kappa shape index (κ2) is 13.0. The first-order valence-corrected chi connectivity index (χ1v) is 20.9. The number of rotatable bonds is 5. The molecule has 0 bridgehead atoms. The molecule has 1 heterocycles. The van der Waals surface area contributed by atoms with Crippen LogP contribution in [0.4, 0.5) is 17.1 Å². The van der Waals surface area contributed by atoms with Gasteiger partial charge < -0.3 is 9.64 Å². The molecule has 2 nitrogen and oxygen atoms in total. The molecular weight excluding hydrogens is 727 g/mol. The summed E-state index contributed by atoms with van der Waals surface area (Å²) in [6.45, 7) is 4.70. The van der Waals surface area contributed by atoms with Gasteiger partial charge in [-0.05, 0) is 104 Å². The molecule has 1 aliphatic heterocycles. The van der Waals surface area contributed by atoms with E-state index >= 15 is 0 Å². The van der Waals surface area contributed by atoms with Crippen molar-refractivity contribution in [2.24, 2.45) is 0 Å². The summed E-state index contributed by atoms with van der Waals surface area (Å²) in [5.41, 5.74) is 20.2. The molecule has 0 amide bonds. The summed E-state index contributed by atoms with van der Waals surface area (Å²) in [7, 11) is 0. The molecule has 1 spiro atoms. The normalized spacial score (nSPS) is 14.2. The average Bonchev–Trinajstić information content (AvgIpc) is 3.72. The van der Waals surface area contributed by atoms with Gasteiger partial charge in [0.2, 0.25) is 0 Å². The van der Waals surface area contributed by atoms with Gasteiger partial charge in [-0.3, -0.25) is 0 Å². The van der Waals surface area contributed by atoms with Crippen molar-refractivity contribution in [1.29, 1.82) is 0 Å². The predicted octanol–water partition coefficient (Wildman–Crippen LogP) is 15.3. The molecule has 0 atom stereocenters. The zero-order valence-electron chi connectivity index (χ0n) is 33.6. The van der Waals surface area contributed by atoms with Gasteiger partial charge in [-0.15, -0.1) is 0 Å². The van der Waals surface area contributed by atoms with Gasteiger partial charge in [0.25, 0.3) is 0 Å². The van der Waals surface area contributed by atoms with Gasteiger partial charge in [0, 0.05) is 39.2 Å². The Morgan fingerprint density at radius 1 is 0.333 bits per heavy atom. The van der Waals surface area contributed by atoms with Gasteiger partial charge in [0.05, 0.1) is 5.41 Å². The number of ether oxygens (including phenoxy) is 1. The third-order valence-corrected chi connectivity index (χ3v) is 13.4. The lowest BCUT2D eigenvalue weighted by molar-refractivity contribution is 0.438. The van der Waals surface area contributed by atoms with E-state index < -0.39 is 5.41 Å². The molecule has 0 saturated carbocycles. The van der Waals surface area contributed by atoms with Crippen molar-refractivity contribution in [3.63, 3.8) is 0 Å². The van der Waals surface area contributed by atoms with E-state index in [1.165, 1.54) is 66.8 Å². The van der Waals surface area contributed by atoms with E-state index in [0.717, 1.165) is 39.7 Å². The number of hydrogen-bond donors (Lipinski definition) is 0. The molecule has 0 N–H and O–H groups in total. The van der Waals surface area contributed by atoms with E-state index in [1.807, 2.05) is 0 Å². The Morgan fingerprint density at radius 2 is 0.800 bits per heavy atom. The zero-order valence-corrected chi connectivity index (χ0v) is 33.6. The summed E-state index contributed by atoms with van der Waals surface area (Å²) in [4.78, 5) is 2.40. The Morgan fingerprint density at radius 3 is 1.47 bits per heavy atom. The molecule has 0 saturated heterocycles. The lowest BCUT2D eigenvalue weighted by Crippen LogP contribution is -2.32. The fourth-order valence-electron chi connectivity index (χ4n) is 10.6. The number of benzene rings is 9. The summed E-state index contributed by atoms with van der Waals surface area (Å²) >= 11 is 0. The number of para-hydroxylation sites is 2. The maximum Gasteiger partial charge on any atom is 0.140 e. The fraction of sp³-hybridized carbons (Fsp3) is 0.0690. The van der Waals surface area contributed by atoms with Crippen molar-refractivity contribution in [3.8, 4) is 56.0 Å². The molecule has 12 rings (SSSR count). The molecule has 60 heavy (non-hydrogen) atoms. The monoisotopic (exact) mass is 767 g/mol. The summed E-state index contributed by atoms with van der Waals surface area (Å²) in [6.07, 6.45) is 0. The van der Waals surface area contributed by atoms with Crippen molar-refractivity contribution in [2.75, 3.05) is 4.90 Å². The van der Waals surface area contributed by atoms with E-state index in [2.05, 4.69) is 231 Å². The summed E-state index contributed by atoms with van der Waals surface area (Å²) in [6, 6.07) is 77.6. The average molecular weight is 768 g/mol. The van der Waals surface area contributed by atoms with Crippen LogP contribution in [0.15, 0.2) is 212 Å². The first-order valence-electron chi connectivity index (χ1n) is 20.9. The second-order valence-electron chi connectivity index (χ2n) is 16.8. The topological polar surface area (TPSA) is 12.5 Å². The van der Waals surface area contributed by atoms with Crippen LogP contribution in [0.2, 0.25) is 0 Å². The Bertz CT molecular complexity index is 3090. The Balaban J connectivity index is 0.998. The molecule has 0 unspecified atom stereocenters. The largest absolute Gasteiger partial charge is 0.456 e. The van der Waals surface area contributed by atoms with E-state index in [9.17, 15) is 0 Å². The Hall–Kier alpha value is -7.42. The van der Waals surface area contributed by atoms with Gasteiger partial charge in [0.1, 0.15) is 11.5 Å². The lowest BCUT2D eigenvalue weighted by atomic mass is 9.65. The molecule has 284 valence electrons. The van der Waals surface area contributed by atoms with Gasteiger partial charge in [-0.1, -0.05) is 184 Å². The molecule has 0 fully saturated rings. The van der Waals surface area contributed by atoms with Crippen LogP contribution in [0.25, 0.3) is 44.5 Å². The van der Waals surface area contributed by atoms with Crippen LogP contribution in [0, 0.1) is 0 Å². The van der Waals surface area contributed by atoms with E-state index in [1.54, 1.807) is 0 Å².